The molecule has 0 aliphatic rings. The Morgan fingerprint density at radius 2 is 1.50 bits per heavy atom. The lowest BCUT2D eigenvalue weighted by atomic mass is 10.0. The van der Waals surface area contributed by atoms with Gasteiger partial charge >= 0.3 is 0 Å². The zero-order valence-electron chi connectivity index (χ0n) is 17.6. The van der Waals surface area contributed by atoms with Gasteiger partial charge in [0.1, 0.15) is 0 Å². The monoisotopic (exact) mass is 420 g/mol. The highest BCUT2D eigenvalue weighted by molar-refractivity contribution is 5.82. The number of rotatable bonds is 8. The first kappa shape index (κ1) is 21.0. The van der Waals surface area contributed by atoms with Gasteiger partial charge in [-0.25, -0.2) is 10.4 Å². The van der Waals surface area contributed by atoms with Crippen molar-refractivity contribution in [1.82, 2.24) is 15.0 Å². The molecule has 0 fully saturated rings. The Bertz CT molecular complexity index is 1200. The van der Waals surface area contributed by atoms with Crippen LogP contribution >= 0.6 is 0 Å². The van der Waals surface area contributed by atoms with E-state index in [1.165, 1.54) is 0 Å². The molecule has 0 aliphatic carbocycles. The molecule has 4 aromatic rings. The molecule has 5 heteroatoms. The summed E-state index contributed by atoms with van der Waals surface area (Å²) in [4.78, 5) is 16.9. The van der Waals surface area contributed by atoms with Crippen molar-refractivity contribution in [3.05, 3.63) is 109 Å². The number of nitrogens with zero attached hydrogens (tertiary/aromatic N) is 3. The smallest absolute Gasteiger partial charge is 0.241 e. The summed E-state index contributed by atoms with van der Waals surface area (Å²) >= 11 is 0. The minimum Gasteiger partial charge on any atom is -0.330 e. The van der Waals surface area contributed by atoms with E-state index in [1.807, 2.05) is 89.5 Å². The van der Waals surface area contributed by atoms with Crippen LogP contribution in [0.15, 0.2) is 109 Å². The molecular formula is C27H24N4O. The fourth-order valence-electron chi connectivity index (χ4n) is 3.41. The number of carbonyl (C=O) groups excluding carboxylic acids is 1. The minimum absolute atomic E-state index is 0.150. The highest BCUT2D eigenvalue weighted by atomic mass is 16.2. The van der Waals surface area contributed by atoms with Gasteiger partial charge in [0.15, 0.2) is 0 Å². The van der Waals surface area contributed by atoms with Crippen LogP contribution in [0.1, 0.15) is 12.0 Å². The fourth-order valence-corrected chi connectivity index (χ4v) is 3.41. The van der Waals surface area contributed by atoms with E-state index in [0.29, 0.717) is 13.0 Å². The molecule has 4 rings (SSSR count). The molecule has 158 valence electrons. The van der Waals surface area contributed by atoms with E-state index in [2.05, 4.69) is 27.6 Å². The number of imidazole rings is 1. The summed E-state index contributed by atoms with van der Waals surface area (Å²) < 4.78 is 2.02. The lowest BCUT2D eigenvalue weighted by Crippen LogP contribution is -2.19. The maximum Gasteiger partial charge on any atom is 0.241 e. The first-order valence-electron chi connectivity index (χ1n) is 10.5. The SMILES string of the molecule is O=C(CCn1cnc(-c2ccccc2)c1-c1ccccc1)N/N=C\C=C\c1ccccc1. The van der Waals surface area contributed by atoms with Crippen molar-refractivity contribution in [3.8, 4) is 22.5 Å². The van der Waals surface area contributed by atoms with Gasteiger partial charge in [0.25, 0.3) is 0 Å². The van der Waals surface area contributed by atoms with Gasteiger partial charge in [-0.1, -0.05) is 97.1 Å². The van der Waals surface area contributed by atoms with Gasteiger partial charge < -0.3 is 4.57 Å². The number of nitrogens with one attached hydrogen (secondary N) is 1. The number of amides is 1. The molecule has 0 spiro atoms. The first-order valence-corrected chi connectivity index (χ1v) is 10.5. The van der Waals surface area contributed by atoms with Gasteiger partial charge in [0.05, 0.1) is 17.7 Å². The summed E-state index contributed by atoms with van der Waals surface area (Å²) in [5.41, 5.74) is 7.67. The van der Waals surface area contributed by atoms with Crippen molar-refractivity contribution in [1.29, 1.82) is 0 Å². The lowest BCUT2D eigenvalue weighted by Gasteiger charge is -2.10. The molecule has 0 radical (unpaired) electrons. The maximum atomic E-state index is 12.3. The summed E-state index contributed by atoms with van der Waals surface area (Å²) in [5.74, 6) is -0.150. The Labute approximate surface area is 187 Å². The van der Waals surface area contributed by atoms with E-state index < -0.39 is 0 Å². The zero-order valence-corrected chi connectivity index (χ0v) is 17.6. The van der Waals surface area contributed by atoms with Crippen LogP contribution in [0.4, 0.5) is 0 Å². The van der Waals surface area contributed by atoms with Crippen LogP contribution in [-0.2, 0) is 11.3 Å². The van der Waals surface area contributed by atoms with Crippen molar-refractivity contribution in [2.24, 2.45) is 5.10 Å². The average molecular weight is 421 g/mol. The van der Waals surface area contributed by atoms with Crippen LogP contribution in [0.2, 0.25) is 0 Å². The van der Waals surface area contributed by atoms with Gasteiger partial charge in [-0.3, -0.25) is 4.79 Å². The first-order chi connectivity index (χ1) is 15.8. The normalized spacial score (nSPS) is 11.2. The number of hydrogen-bond acceptors (Lipinski definition) is 3. The van der Waals surface area contributed by atoms with Crippen molar-refractivity contribution in [3.63, 3.8) is 0 Å². The highest BCUT2D eigenvalue weighted by Gasteiger charge is 2.15. The Morgan fingerprint density at radius 1 is 0.875 bits per heavy atom. The van der Waals surface area contributed by atoms with Crippen molar-refractivity contribution >= 4 is 18.2 Å². The summed E-state index contributed by atoms with van der Waals surface area (Å²) in [5, 5.41) is 4.00. The predicted molar refractivity (Wildman–Crippen MR) is 130 cm³/mol. The van der Waals surface area contributed by atoms with Crippen LogP contribution in [0.3, 0.4) is 0 Å². The Balaban J connectivity index is 1.42. The van der Waals surface area contributed by atoms with Gasteiger partial charge in [-0.15, -0.1) is 0 Å². The number of allylic oxidation sites excluding steroid dienone is 1. The number of aromatic nitrogens is 2. The molecule has 1 aromatic heterocycles. The van der Waals surface area contributed by atoms with Crippen LogP contribution in [-0.4, -0.2) is 21.7 Å². The second-order valence-corrected chi connectivity index (χ2v) is 7.20. The molecule has 32 heavy (non-hydrogen) atoms. The third-order valence-corrected chi connectivity index (χ3v) is 4.95. The second kappa shape index (κ2) is 10.7. The molecule has 0 aliphatic heterocycles. The molecule has 5 nitrogen and oxygen atoms in total. The summed E-state index contributed by atoms with van der Waals surface area (Å²) in [6.07, 6.45) is 7.39. The average Bonchev–Trinajstić information content (AvgIpc) is 3.28. The summed E-state index contributed by atoms with van der Waals surface area (Å²) in [6.45, 7) is 0.505. The molecular weight excluding hydrogens is 396 g/mol. The molecule has 1 N–H and O–H groups in total. The van der Waals surface area contributed by atoms with Gasteiger partial charge in [-0.2, -0.15) is 5.10 Å². The van der Waals surface area contributed by atoms with Gasteiger partial charge in [0, 0.05) is 30.3 Å². The van der Waals surface area contributed by atoms with E-state index in [9.17, 15) is 4.79 Å². The molecule has 1 amide bonds. The van der Waals surface area contributed by atoms with Gasteiger partial charge in [0.2, 0.25) is 5.91 Å². The van der Waals surface area contributed by atoms with Gasteiger partial charge in [-0.05, 0) is 11.6 Å². The van der Waals surface area contributed by atoms with Crippen LogP contribution in [0, 0.1) is 0 Å². The highest BCUT2D eigenvalue weighted by Crippen LogP contribution is 2.31. The Kier molecular flexibility index (Phi) is 7.01. The molecule has 0 atom stereocenters. The van der Waals surface area contributed by atoms with Crippen molar-refractivity contribution < 1.29 is 4.79 Å². The van der Waals surface area contributed by atoms with Crippen LogP contribution < -0.4 is 5.43 Å². The summed E-state index contributed by atoms with van der Waals surface area (Å²) in [7, 11) is 0. The van der Waals surface area contributed by atoms with Crippen LogP contribution in [0.25, 0.3) is 28.6 Å². The zero-order chi connectivity index (χ0) is 22.0. The largest absolute Gasteiger partial charge is 0.330 e. The third kappa shape index (κ3) is 5.46. The Hall–Kier alpha value is -4.25. The molecule has 3 aromatic carbocycles. The fraction of sp³-hybridized carbons (Fsp3) is 0.0741. The number of aryl methyl sites for hydroxylation is 1. The predicted octanol–water partition coefficient (Wildman–Crippen LogP) is 5.42. The molecule has 1 heterocycles. The standard InChI is InChI=1S/C27H24N4O/c32-25(30-29-19-10-13-22-11-4-1-5-12-22)18-20-31-21-28-26(23-14-6-2-7-15-23)27(31)24-16-8-3-9-17-24/h1-17,19,21H,18,20H2,(H,30,32)/b13-10+,29-19-. The van der Waals surface area contributed by atoms with Crippen molar-refractivity contribution in [2.45, 2.75) is 13.0 Å². The molecule has 0 unspecified atom stereocenters. The Morgan fingerprint density at radius 3 is 2.19 bits per heavy atom. The third-order valence-electron chi connectivity index (χ3n) is 4.95. The summed E-state index contributed by atoms with van der Waals surface area (Å²) in [6, 6.07) is 30.1. The van der Waals surface area contributed by atoms with E-state index >= 15 is 0 Å². The quantitative estimate of drug-likeness (QED) is 0.305. The van der Waals surface area contributed by atoms with Crippen LogP contribution in [0.5, 0.6) is 0 Å². The number of carbonyl (C=O) groups is 1. The molecule has 0 saturated carbocycles. The van der Waals surface area contributed by atoms with E-state index in [0.717, 1.165) is 28.1 Å². The van der Waals surface area contributed by atoms with E-state index in [4.69, 9.17) is 0 Å². The maximum absolute atomic E-state index is 12.3. The number of hydrazone groups is 1. The lowest BCUT2D eigenvalue weighted by molar-refractivity contribution is -0.121. The second-order valence-electron chi connectivity index (χ2n) is 7.20. The molecule has 0 saturated heterocycles. The van der Waals surface area contributed by atoms with E-state index in [1.54, 1.807) is 18.6 Å². The number of benzene rings is 3. The number of hydrogen-bond donors (Lipinski definition) is 1. The van der Waals surface area contributed by atoms with E-state index in [-0.39, 0.29) is 5.91 Å². The minimum atomic E-state index is -0.150. The van der Waals surface area contributed by atoms with Crippen molar-refractivity contribution in [2.75, 3.05) is 0 Å². The topological polar surface area (TPSA) is 59.3 Å². The molecule has 0 bridgehead atoms.